The van der Waals surface area contributed by atoms with Gasteiger partial charge in [-0.1, -0.05) is 33.3 Å². The van der Waals surface area contributed by atoms with Crippen molar-refractivity contribution in [3.63, 3.8) is 0 Å². The van der Waals surface area contributed by atoms with E-state index in [9.17, 15) is 18.3 Å². The lowest BCUT2D eigenvalue weighted by Crippen LogP contribution is -2.28. The van der Waals surface area contributed by atoms with E-state index in [0.29, 0.717) is 18.0 Å². The first-order valence-electron chi connectivity index (χ1n) is 6.89. The minimum absolute atomic E-state index is 0.462. The van der Waals surface area contributed by atoms with Crippen LogP contribution in [0, 0.1) is 5.92 Å². The van der Waals surface area contributed by atoms with Gasteiger partial charge in [0.05, 0.1) is 5.56 Å². The molecule has 1 aromatic carbocycles. The van der Waals surface area contributed by atoms with Crippen molar-refractivity contribution in [2.75, 3.05) is 13.1 Å². The number of aromatic hydroxyl groups is 1. The molecule has 0 saturated heterocycles. The first-order chi connectivity index (χ1) is 9.27. The maximum Gasteiger partial charge on any atom is 0.419 e. The van der Waals surface area contributed by atoms with E-state index in [-0.39, 0.29) is 0 Å². The van der Waals surface area contributed by atoms with Gasteiger partial charge in [-0.3, -0.25) is 4.90 Å². The first-order valence-corrected chi connectivity index (χ1v) is 6.89. The Morgan fingerprint density at radius 1 is 1.25 bits per heavy atom. The van der Waals surface area contributed by atoms with Crippen molar-refractivity contribution in [1.29, 1.82) is 0 Å². The molecule has 0 saturated carbocycles. The number of alkyl halides is 3. The lowest BCUT2D eigenvalue weighted by Gasteiger charge is -2.24. The van der Waals surface area contributed by atoms with E-state index >= 15 is 0 Å². The number of nitrogens with zero attached hydrogens (tertiary/aromatic N) is 1. The average Bonchev–Trinajstić information content (AvgIpc) is 2.38. The Hall–Kier alpha value is -1.23. The Kier molecular flexibility index (Phi) is 5.87. The molecule has 1 rings (SSSR count). The molecule has 1 N–H and O–H groups in total. The zero-order valence-electron chi connectivity index (χ0n) is 12.2. The summed E-state index contributed by atoms with van der Waals surface area (Å²) in [6.07, 6.45) is -3.48. The Balaban J connectivity index is 2.86. The molecule has 0 aliphatic heterocycles. The van der Waals surface area contributed by atoms with Crippen LogP contribution < -0.4 is 0 Å². The van der Waals surface area contributed by atoms with Crippen LogP contribution >= 0.6 is 0 Å². The molecule has 1 unspecified atom stereocenters. The summed E-state index contributed by atoms with van der Waals surface area (Å²) >= 11 is 0. The van der Waals surface area contributed by atoms with Crippen LogP contribution in [0.25, 0.3) is 0 Å². The highest BCUT2D eigenvalue weighted by atomic mass is 19.4. The van der Waals surface area contributed by atoms with Gasteiger partial charge in [-0.2, -0.15) is 13.2 Å². The topological polar surface area (TPSA) is 23.5 Å². The number of phenols is 1. The van der Waals surface area contributed by atoms with E-state index in [1.54, 1.807) is 6.07 Å². The average molecular weight is 289 g/mol. The predicted octanol–water partition coefficient (Wildman–Crippen LogP) is 4.28. The van der Waals surface area contributed by atoms with Gasteiger partial charge in [-0.25, -0.2) is 0 Å². The van der Waals surface area contributed by atoms with Crippen molar-refractivity contribution in [2.24, 2.45) is 5.92 Å². The minimum atomic E-state index is -4.52. The molecule has 0 bridgehead atoms. The number of phenolic OH excluding ortho intramolecular Hbond substituents is 1. The van der Waals surface area contributed by atoms with Crippen molar-refractivity contribution in [1.82, 2.24) is 4.90 Å². The second-order valence-corrected chi connectivity index (χ2v) is 5.19. The third kappa shape index (κ3) is 4.71. The number of benzene rings is 1. The molecule has 0 fully saturated rings. The summed E-state index contributed by atoms with van der Waals surface area (Å²) in [6.45, 7) is 8.32. The molecule has 20 heavy (non-hydrogen) atoms. The largest absolute Gasteiger partial charge is 0.507 e. The Labute approximate surface area is 118 Å². The van der Waals surface area contributed by atoms with Crippen molar-refractivity contribution >= 4 is 0 Å². The molecule has 0 aliphatic carbocycles. The van der Waals surface area contributed by atoms with Crippen molar-refractivity contribution < 1.29 is 18.3 Å². The smallest absolute Gasteiger partial charge is 0.419 e. The van der Waals surface area contributed by atoms with Crippen molar-refractivity contribution in [2.45, 2.75) is 39.9 Å². The van der Waals surface area contributed by atoms with Crippen LogP contribution in [0.1, 0.15) is 38.3 Å². The van der Waals surface area contributed by atoms with Gasteiger partial charge in [0.1, 0.15) is 5.75 Å². The number of hydrogen-bond donors (Lipinski definition) is 1. The zero-order valence-corrected chi connectivity index (χ0v) is 12.2. The quantitative estimate of drug-likeness (QED) is 0.845. The van der Waals surface area contributed by atoms with Crippen LogP contribution in [0.3, 0.4) is 0 Å². The van der Waals surface area contributed by atoms with E-state index in [2.05, 4.69) is 18.7 Å². The molecule has 1 atom stereocenters. The third-order valence-corrected chi connectivity index (χ3v) is 3.49. The standard InChI is InChI=1S/C15H22F3NO/c1-4-11(3)9-19(5-2)10-12-6-7-14(20)13(8-12)15(16,17)18/h6-8,11,20H,4-5,9-10H2,1-3H3. The minimum Gasteiger partial charge on any atom is -0.507 e. The van der Waals surface area contributed by atoms with E-state index < -0.39 is 17.5 Å². The highest BCUT2D eigenvalue weighted by Gasteiger charge is 2.34. The first kappa shape index (κ1) is 16.8. The highest BCUT2D eigenvalue weighted by molar-refractivity contribution is 5.38. The lowest BCUT2D eigenvalue weighted by molar-refractivity contribution is -0.138. The SMILES string of the molecule is CCC(C)CN(CC)Cc1ccc(O)c(C(F)(F)F)c1. The summed E-state index contributed by atoms with van der Waals surface area (Å²) in [5.74, 6) is -0.208. The van der Waals surface area contributed by atoms with Crippen LogP contribution in [0.15, 0.2) is 18.2 Å². The van der Waals surface area contributed by atoms with E-state index in [4.69, 9.17) is 0 Å². The summed E-state index contributed by atoms with van der Waals surface area (Å²) in [7, 11) is 0. The van der Waals surface area contributed by atoms with Crippen LogP contribution in [-0.4, -0.2) is 23.1 Å². The van der Waals surface area contributed by atoms with E-state index in [0.717, 1.165) is 31.6 Å². The van der Waals surface area contributed by atoms with Gasteiger partial charge in [0, 0.05) is 13.1 Å². The lowest BCUT2D eigenvalue weighted by atomic mass is 10.1. The molecule has 0 heterocycles. The summed E-state index contributed by atoms with van der Waals surface area (Å²) in [6, 6.07) is 3.70. The Morgan fingerprint density at radius 3 is 2.40 bits per heavy atom. The number of hydrogen-bond acceptors (Lipinski definition) is 2. The normalized spacial score (nSPS) is 13.8. The van der Waals surface area contributed by atoms with Crippen LogP contribution in [0.4, 0.5) is 13.2 Å². The second-order valence-electron chi connectivity index (χ2n) is 5.19. The molecule has 2 nitrogen and oxygen atoms in total. The molecule has 1 aromatic rings. The maximum absolute atomic E-state index is 12.7. The summed E-state index contributed by atoms with van der Waals surface area (Å²) in [4.78, 5) is 2.11. The number of rotatable bonds is 6. The zero-order chi connectivity index (χ0) is 15.3. The van der Waals surface area contributed by atoms with Gasteiger partial charge < -0.3 is 5.11 Å². The molecule has 0 radical (unpaired) electrons. The summed E-state index contributed by atoms with van der Waals surface area (Å²) in [5, 5.41) is 9.31. The van der Waals surface area contributed by atoms with Gasteiger partial charge >= 0.3 is 6.18 Å². The third-order valence-electron chi connectivity index (χ3n) is 3.49. The molecule has 0 amide bonds. The predicted molar refractivity (Wildman–Crippen MR) is 73.5 cm³/mol. The Bertz CT molecular complexity index is 432. The fourth-order valence-electron chi connectivity index (χ4n) is 2.04. The summed E-state index contributed by atoms with van der Waals surface area (Å²) < 4.78 is 38.2. The molecule has 5 heteroatoms. The van der Waals surface area contributed by atoms with Crippen LogP contribution in [0.2, 0.25) is 0 Å². The molecule has 0 aromatic heterocycles. The highest BCUT2D eigenvalue weighted by Crippen LogP contribution is 2.36. The second kappa shape index (κ2) is 6.97. The molecule has 0 aliphatic rings. The van der Waals surface area contributed by atoms with Crippen LogP contribution in [-0.2, 0) is 12.7 Å². The molecule has 114 valence electrons. The van der Waals surface area contributed by atoms with Gasteiger partial charge in [-0.05, 0) is 30.2 Å². The monoisotopic (exact) mass is 289 g/mol. The van der Waals surface area contributed by atoms with Crippen molar-refractivity contribution in [3.8, 4) is 5.75 Å². The fraction of sp³-hybridized carbons (Fsp3) is 0.600. The maximum atomic E-state index is 12.7. The van der Waals surface area contributed by atoms with E-state index in [1.807, 2.05) is 6.92 Å². The number of halogens is 3. The van der Waals surface area contributed by atoms with Gasteiger partial charge in [0.2, 0.25) is 0 Å². The van der Waals surface area contributed by atoms with Gasteiger partial charge in [0.15, 0.2) is 0 Å². The Morgan fingerprint density at radius 2 is 1.90 bits per heavy atom. The van der Waals surface area contributed by atoms with E-state index in [1.165, 1.54) is 0 Å². The summed E-state index contributed by atoms with van der Waals surface area (Å²) in [5.41, 5.74) is -0.394. The fourth-order valence-corrected chi connectivity index (χ4v) is 2.04. The van der Waals surface area contributed by atoms with Crippen LogP contribution in [0.5, 0.6) is 5.75 Å². The molecular weight excluding hydrogens is 267 g/mol. The van der Waals surface area contributed by atoms with Crippen molar-refractivity contribution in [3.05, 3.63) is 29.3 Å². The molecular formula is C15H22F3NO. The molecule has 0 spiro atoms. The van der Waals surface area contributed by atoms with Gasteiger partial charge in [0.25, 0.3) is 0 Å². The van der Waals surface area contributed by atoms with Gasteiger partial charge in [-0.15, -0.1) is 0 Å².